The van der Waals surface area contributed by atoms with Gasteiger partial charge in [-0.3, -0.25) is 10.1 Å². The summed E-state index contributed by atoms with van der Waals surface area (Å²) < 4.78 is 1.18. The molecule has 2 unspecified atom stereocenters. The SMILES string of the molecule is CCN(C)C(=O)C(C)NC(C)c1nc2ccccc2s1. The molecule has 0 spiro atoms. The molecule has 0 aliphatic rings. The predicted octanol–water partition coefficient (Wildman–Crippen LogP) is 2.81. The van der Waals surface area contributed by atoms with Gasteiger partial charge in [0.15, 0.2) is 0 Å². The lowest BCUT2D eigenvalue weighted by Crippen LogP contribution is -2.43. The van der Waals surface area contributed by atoms with Crippen LogP contribution in [0.2, 0.25) is 0 Å². The third-order valence-electron chi connectivity index (χ3n) is 3.40. The fourth-order valence-electron chi connectivity index (χ4n) is 2.08. The van der Waals surface area contributed by atoms with E-state index in [9.17, 15) is 4.79 Å². The molecule has 1 aromatic carbocycles. The topological polar surface area (TPSA) is 45.2 Å². The van der Waals surface area contributed by atoms with E-state index in [1.165, 1.54) is 4.70 Å². The van der Waals surface area contributed by atoms with Gasteiger partial charge in [0.1, 0.15) is 5.01 Å². The van der Waals surface area contributed by atoms with Gasteiger partial charge in [-0.25, -0.2) is 4.98 Å². The van der Waals surface area contributed by atoms with Gasteiger partial charge in [-0.05, 0) is 32.9 Å². The zero-order valence-electron chi connectivity index (χ0n) is 12.4. The van der Waals surface area contributed by atoms with Crippen LogP contribution in [0, 0.1) is 0 Å². The van der Waals surface area contributed by atoms with E-state index in [-0.39, 0.29) is 18.0 Å². The number of aromatic nitrogens is 1. The number of carbonyl (C=O) groups is 1. The van der Waals surface area contributed by atoms with Crippen molar-refractivity contribution in [1.29, 1.82) is 0 Å². The number of thiazole rings is 1. The van der Waals surface area contributed by atoms with Crippen molar-refractivity contribution < 1.29 is 4.79 Å². The molecule has 0 aliphatic heterocycles. The molecule has 0 radical (unpaired) electrons. The van der Waals surface area contributed by atoms with E-state index < -0.39 is 0 Å². The van der Waals surface area contributed by atoms with Crippen molar-refractivity contribution in [3.05, 3.63) is 29.3 Å². The Morgan fingerprint density at radius 3 is 2.75 bits per heavy atom. The molecule has 2 atom stereocenters. The maximum Gasteiger partial charge on any atom is 0.239 e. The average Bonchev–Trinajstić information content (AvgIpc) is 2.89. The van der Waals surface area contributed by atoms with Crippen LogP contribution >= 0.6 is 11.3 Å². The van der Waals surface area contributed by atoms with Gasteiger partial charge in [-0.2, -0.15) is 0 Å². The second kappa shape index (κ2) is 6.33. The smallest absolute Gasteiger partial charge is 0.239 e. The van der Waals surface area contributed by atoms with Crippen LogP contribution in [-0.4, -0.2) is 35.4 Å². The predicted molar refractivity (Wildman–Crippen MR) is 83.9 cm³/mol. The van der Waals surface area contributed by atoms with Crippen molar-refractivity contribution in [2.75, 3.05) is 13.6 Å². The quantitative estimate of drug-likeness (QED) is 0.921. The third-order valence-corrected chi connectivity index (χ3v) is 4.62. The summed E-state index contributed by atoms with van der Waals surface area (Å²) in [5.74, 6) is 0.112. The van der Waals surface area contributed by atoms with Crippen LogP contribution < -0.4 is 5.32 Å². The summed E-state index contributed by atoms with van der Waals surface area (Å²) >= 11 is 1.67. The second-order valence-electron chi connectivity index (χ2n) is 4.98. The highest BCUT2D eigenvalue weighted by molar-refractivity contribution is 7.18. The Bertz CT molecular complexity index is 563. The lowest BCUT2D eigenvalue weighted by molar-refractivity contribution is -0.131. The van der Waals surface area contributed by atoms with Crippen molar-refractivity contribution in [3.8, 4) is 0 Å². The van der Waals surface area contributed by atoms with Gasteiger partial charge in [0.05, 0.1) is 22.3 Å². The van der Waals surface area contributed by atoms with Gasteiger partial charge >= 0.3 is 0 Å². The summed E-state index contributed by atoms with van der Waals surface area (Å²) in [6.07, 6.45) is 0. The van der Waals surface area contributed by atoms with Gasteiger partial charge in [0.2, 0.25) is 5.91 Å². The summed E-state index contributed by atoms with van der Waals surface area (Å²) in [5, 5.41) is 4.35. The Morgan fingerprint density at radius 1 is 1.40 bits per heavy atom. The Balaban J connectivity index is 2.07. The summed E-state index contributed by atoms with van der Waals surface area (Å²) in [4.78, 5) is 18.4. The molecule has 0 saturated heterocycles. The third kappa shape index (κ3) is 3.16. The summed E-state index contributed by atoms with van der Waals surface area (Å²) in [6, 6.07) is 7.96. The first-order valence-electron chi connectivity index (χ1n) is 6.89. The molecule has 0 saturated carbocycles. The minimum atomic E-state index is -0.207. The van der Waals surface area contributed by atoms with Crippen LogP contribution in [0.3, 0.4) is 0 Å². The van der Waals surface area contributed by atoms with Crippen LogP contribution in [0.4, 0.5) is 0 Å². The zero-order valence-corrected chi connectivity index (χ0v) is 13.2. The normalized spacial score (nSPS) is 14.2. The molecule has 2 rings (SSSR count). The molecule has 0 aliphatic carbocycles. The van der Waals surface area contributed by atoms with E-state index in [4.69, 9.17) is 0 Å². The molecule has 2 aromatic rings. The Morgan fingerprint density at radius 2 is 2.10 bits per heavy atom. The number of benzene rings is 1. The summed E-state index contributed by atoms with van der Waals surface area (Å²) in [6.45, 7) is 6.65. The molecule has 1 N–H and O–H groups in total. The molecule has 0 bridgehead atoms. The fourth-order valence-corrected chi connectivity index (χ4v) is 3.06. The highest BCUT2D eigenvalue weighted by Crippen LogP contribution is 2.26. The van der Waals surface area contributed by atoms with Crippen LogP contribution in [0.5, 0.6) is 0 Å². The number of fused-ring (bicyclic) bond motifs is 1. The maximum atomic E-state index is 12.1. The van der Waals surface area contributed by atoms with Crippen LogP contribution in [0.25, 0.3) is 10.2 Å². The first-order chi connectivity index (χ1) is 9.52. The minimum Gasteiger partial charge on any atom is -0.345 e. The van der Waals surface area contributed by atoms with Crippen LogP contribution in [0.1, 0.15) is 31.8 Å². The average molecular weight is 291 g/mol. The molecule has 1 heterocycles. The Kier molecular flexibility index (Phi) is 4.73. The second-order valence-corrected chi connectivity index (χ2v) is 6.04. The van der Waals surface area contributed by atoms with Crippen molar-refractivity contribution in [2.24, 2.45) is 0 Å². The highest BCUT2D eigenvalue weighted by atomic mass is 32.1. The number of rotatable bonds is 5. The number of amides is 1. The molecule has 4 nitrogen and oxygen atoms in total. The van der Waals surface area contributed by atoms with Gasteiger partial charge in [-0.1, -0.05) is 12.1 Å². The molecular weight excluding hydrogens is 270 g/mol. The molecule has 108 valence electrons. The first kappa shape index (κ1) is 14.9. The summed E-state index contributed by atoms with van der Waals surface area (Å²) in [7, 11) is 1.82. The first-order valence-corrected chi connectivity index (χ1v) is 7.71. The monoisotopic (exact) mass is 291 g/mol. The van der Waals surface area contributed by atoms with E-state index in [1.807, 2.05) is 46.0 Å². The van der Waals surface area contributed by atoms with Crippen molar-refractivity contribution in [1.82, 2.24) is 15.2 Å². The maximum absolute atomic E-state index is 12.1. The van der Waals surface area contributed by atoms with Gasteiger partial charge in [-0.15, -0.1) is 11.3 Å². The standard InChI is InChI=1S/C15H21N3OS/c1-5-18(4)15(19)11(3)16-10(2)14-17-12-8-6-7-9-13(12)20-14/h6-11,16H,5H2,1-4H3. The number of hydrogen-bond donors (Lipinski definition) is 1. The molecular formula is C15H21N3OS. The number of hydrogen-bond acceptors (Lipinski definition) is 4. The van der Waals surface area contributed by atoms with E-state index in [2.05, 4.69) is 16.4 Å². The molecule has 0 fully saturated rings. The lowest BCUT2D eigenvalue weighted by atomic mass is 10.2. The van der Waals surface area contributed by atoms with Crippen molar-refractivity contribution in [3.63, 3.8) is 0 Å². The van der Waals surface area contributed by atoms with E-state index in [0.29, 0.717) is 0 Å². The minimum absolute atomic E-state index is 0.0663. The number of likely N-dealkylation sites (N-methyl/N-ethyl adjacent to an activating group) is 1. The van der Waals surface area contributed by atoms with Gasteiger partial charge < -0.3 is 4.90 Å². The molecule has 1 aromatic heterocycles. The van der Waals surface area contributed by atoms with Crippen LogP contribution in [0.15, 0.2) is 24.3 Å². The fraction of sp³-hybridized carbons (Fsp3) is 0.467. The van der Waals surface area contributed by atoms with Gasteiger partial charge in [0.25, 0.3) is 0 Å². The van der Waals surface area contributed by atoms with E-state index in [0.717, 1.165) is 17.1 Å². The number of para-hydroxylation sites is 1. The largest absolute Gasteiger partial charge is 0.345 e. The van der Waals surface area contributed by atoms with Crippen molar-refractivity contribution >= 4 is 27.5 Å². The van der Waals surface area contributed by atoms with E-state index >= 15 is 0 Å². The highest BCUT2D eigenvalue weighted by Gasteiger charge is 2.20. The molecule has 1 amide bonds. The summed E-state index contributed by atoms with van der Waals surface area (Å²) in [5.41, 5.74) is 1.02. The molecule has 20 heavy (non-hydrogen) atoms. The van der Waals surface area contributed by atoms with Crippen molar-refractivity contribution in [2.45, 2.75) is 32.9 Å². The zero-order chi connectivity index (χ0) is 14.7. The van der Waals surface area contributed by atoms with Gasteiger partial charge in [0, 0.05) is 13.6 Å². The Labute approximate surface area is 123 Å². The molecule has 5 heteroatoms. The van der Waals surface area contributed by atoms with E-state index in [1.54, 1.807) is 16.2 Å². The number of nitrogens with zero attached hydrogens (tertiary/aromatic N) is 2. The number of nitrogens with one attached hydrogen (secondary N) is 1. The van der Waals surface area contributed by atoms with Crippen LogP contribution in [-0.2, 0) is 4.79 Å². The lowest BCUT2D eigenvalue weighted by Gasteiger charge is -2.22. The Hall–Kier alpha value is -1.46. The number of carbonyl (C=O) groups excluding carboxylic acids is 1.